The van der Waals surface area contributed by atoms with Gasteiger partial charge in [0.1, 0.15) is 5.82 Å². The van der Waals surface area contributed by atoms with Crippen molar-refractivity contribution in [3.8, 4) is 0 Å². The third-order valence-electron chi connectivity index (χ3n) is 4.30. The molecule has 0 heterocycles. The molecular formula is C20H22FN3O2. The standard InChI is InChI=1S/C20H22FN3O2/c1-13-6-7-15(19(25)23-16-8-9-16)12-18(13)24-20(26)22-11-10-14-4-2-3-5-17(14)21/h2-7,12,16H,8-11H2,1H3,(H,23,25)(H2,22,24,26). The first-order valence-electron chi connectivity index (χ1n) is 8.72. The van der Waals surface area contributed by atoms with Crippen LogP contribution in [-0.4, -0.2) is 24.5 Å². The summed E-state index contributed by atoms with van der Waals surface area (Å²) in [5.74, 6) is -0.407. The highest BCUT2D eigenvalue weighted by atomic mass is 19.1. The van der Waals surface area contributed by atoms with E-state index >= 15 is 0 Å². The van der Waals surface area contributed by atoms with E-state index in [9.17, 15) is 14.0 Å². The van der Waals surface area contributed by atoms with Crippen LogP contribution in [0.1, 0.15) is 34.3 Å². The summed E-state index contributed by atoms with van der Waals surface area (Å²) >= 11 is 0. The SMILES string of the molecule is Cc1ccc(C(=O)NC2CC2)cc1NC(=O)NCCc1ccccc1F. The smallest absolute Gasteiger partial charge is 0.319 e. The van der Waals surface area contributed by atoms with Crippen LogP contribution in [0.2, 0.25) is 0 Å². The lowest BCUT2D eigenvalue weighted by molar-refractivity contribution is 0.0951. The Morgan fingerprint density at radius 3 is 2.65 bits per heavy atom. The summed E-state index contributed by atoms with van der Waals surface area (Å²) in [6.45, 7) is 2.17. The van der Waals surface area contributed by atoms with Crippen LogP contribution in [0, 0.1) is 12.7 Å². The highest BCUT2D eigenvalue weighted by Crippen LogP contribution is 2.21. The predicted molar refractivity (Wildman–Crippen MR) is 98.8 cm³/mol. The summed E-state index contributed by atoms with van der Waals surface area (Å²) in [7, 11) is 0. The molecule has 26 heavy (non-hydrogen) atoms. The lowest BCUT2D eigenvalue weighted by atomic mass is 10.1. The van der Waals surface area contributed by atoms with Crippen molar-refractivity contribution in [3.63, 3.8) is 0 Å². The number of hydrogen-bond donors (Lipinski definition) is 3. The minimum absolute atomic E-state index is 0.129. The molecule has 2 aromatic carbocycles. The molecule has 3 rings (SSSR count). The fourth-order valence-corrected chi connectivity index (χ4v) is 2.57. The van der Waals surface area contributed by atoms with Gasteiger partial charge in [0.15, 0.2) is 0 Å². The first kappa shape index (κ1) is 17.9. The Hall–Kier alpha value is -2.89. The third kappa shape index (κ3) is 4.81. The molecule has 0 saturated heterocycles. The van der Waals surface area contributed by atoms with Gasteiger partial charge in [-0.3, -0.25) is 4.79 Å². The normalized spacial score (nSPS) is 13.2. The molecule has 136 valence electrons. The van der Waals surface area contributed by atoms with Crippen LogP contribution in [0.15, 0.2) is 42.5 Å². The van der Waals surface area contributed by atoms with Gasteiger partial charge in [0.05, 0.1) is 0 Å². The molecule has 0 bridgehead atoms. The van der Waals surface area contributed by atoms with Gasteiger partial charge in [0.25, 0.3) is 5.91 Å². The lowest BCUT2D eigenvalue weighted by Crippen LogP contribution is -2.31. The minimum Gasteiger partial charge on any atom is -0.349 e. The average Bonchev–Trinajstić information content (AvgIpc) is 3.42. The number of urea groups is 1. The van der Waals surface area contributed by atoms with Gasteiger partial charge in [-0.15, -0.1) is 0 Å². The molecule has 0 radical (unpaired) electrons. The zero-order valence-electron chi connectivity index (χ0n) is 14.6. The molecule has 0 unspecified atom stereocenters. The third-order valence-corrected chi connectivity index (χ3v) is 4.30. The summed E-state index contributed by atoms with van der Waals surface area (Å²) in [5.41, 5.74) is 2.51. The molecule has 1 saturated carbocycles. The largest absolute Gasteiger partial charge is 0.349 e. The number of halogens is 1. The van der Waals surface area contributed by atoms with Crippen molar-refractivity contribution >= 4 is 17.6 Å². The van der Waals surface area contributed by atoms with Crippen LogP contribution in [-0.2, 0) is 6.42 Å². The maximum absolute atomic E-state index is 13.6. The van der Waals surface area contributed by atoms with E-state index in [1.165, 1.54) is 6.07 Å². The number of carbonyl (C=O) groups is 2. The second-order valence-corrected chi connectivity index (χ2v) is 6.50. The van der Waals surface area contributed by atoms with Crippen molar-refractivity contribution in [1.29, 1.82) is 0 Å². The number of rotatable bonds is 6. The summed E-state index contributed by atoms with van der Waals surface area (Å²) in [6, 6.07) is 11.6. The predicted octanol–water partition coefficient (Wildman–Crippen LogP) is 3.39. The summed E-state index contributed by atoms with van der Waals surface area (Å²) < 4.78 is 13.6. The Labute approximate surface area is 152 Å². The number of nitrogens with one attached hydrogen (secondary N) is 3. The van der Waals surface area contributed by atoms with Gasteiger partial charge in [-0.05, 0) is 55.5 Å². The van der Waals surface area contributed by atoms with E-state index in [0.29, 0.717) is 29.8 Å². The fraction of sp³-hybridized carbons (Fsp3) is 0.300. The van der Waals surface area contributed by atoms with E-state index in [0.717, 1.165) is 18.4 Å². The Kier molecular flexibility index (Phi) is 5.51. The lowest BCUT2D eigenvalue weighted by Gasteiger charge is -2.12. The zero-order chi connectivity index (χ0) is 18.5. The van der Waals surface area contributed by atoms with Gasteiger partial charge in [0, 0.05) is 23.8 Å². The van der Waals surface area contributed by atoms with Gasteiger partial charge in [-0.1, -0.05) is 24.3 Å². The first-order chi connectivity index (χ1) is 12.5. The maximum Gasteiger partial charge on any atom is 0.319 e. The van der Waals surface area contributed by atoms with Crippen molar-refractivity contribution in [2.75, 3.05) is 11.9 Å². The molecule has 0 aromatic heterocycles. The summed E-state index contributed by atoms with van der Waals surface area (Å²) in [5, 5.41) is 8.38. The Bertz CT molecular complexity index is 818. The monoisotopic (exact) mass is 355 g/mol. The second kappa shape index (κ2) is 7.99. The number of benzene rings is 2. The van der Waals surface area contributed by atoms with E-state index in [4.69, 9.17) is 0 Å². The van der Waals surface area contributed by atoms with Crippen molar-refractivity contribution in [3.05, 3.63) is 65.0 Å². The summed E-state index contributed by atoms with van der Waals surface area (Å²) in [6.07, 6.45) is 2.45. The van der Waals surface area contributed by atoms with Crippen LogP contribution in [0.5, 0.6) is 0 Å². The van der Waals surface area contributed by atoms with Gasteiger partial charge < -0.3 is 16.0 Å². The highest BCUT2D eigenvalue weighted by molar-refractivity contribution is 5.97. The first-order valence-corrected chi connectivity index (χ1v) is 8.72. The van der Waals surface area contributed by atoms with Gasteiger partial charge in [0.2, 0.25) is 0 Å². The Morgan fingerprint density at radius 2 is 1.92 bits per heavy atom. The van der Waals surface area contributed by atoms with E-state index in [1.807, 2.05) is 6.92 Å². The van der Waals surface area contributed by atoms with Gasteiger partial charge >= 0.3 is 6.03 Å². The van der Waals surface area contributed by atoms with Crippen LogP contribution < -0.4 is 16.0 Å². The second-order valence-electron chi connectivity index (χ2n) is 6.50. The van der Waals surface area contributed by atoms with Gasteiger partial charge in [-0.25, -0.2) is 9.18 Å². The summed E-state index contributed by atoms with van der Waals surface area (Å²) in [4.78, 5) is 24.2. The van der Waals surface area contributed by atoms with Crippen LogP contribution in [0.25, 0.3) is 0 Å². The van der Waals surface area contributed by atoms with Crippen molar-refractivity contribution in [1.82, 2.24) is 10.6 Å². The number of carbonyl (C=O) groups excluding carboxylic acids is 2. The highest BCUT2D eigenvalue weighted by Gasteiger charge is 2.24. The van der Waals surface area contributed by atoms with Crippen molar-refractivity contribution in [2.24, 2.45) is 0 Å². The molecule has 1 fully saturated rings. The molecule has 3 N–H and O–H groups in total. The molecule has 1 aliphatic rings. The average molecular weight is 355 g/mol. The number of amides is 3. The number of anilines is 1. The molecule has 0 aliphatic heterocycles. The van der Waals surface area contributed by atoms with Crippen LogP contribution in [0.3, 0.4) is 0 Å². The molecule has 2 aromatic rings. The van der Waals surface area contributed by atoms with Crippen LogP contribution >= 0.6 is 0 Å². The van der Waals surface area contributed by atoms with Crippen molar-refractivity contribution in [2.45, 2.75) is 32.2 Å². The Morgan fingerprint density at radius 1 is 1.15 bits per heavy atom. The minimum atomic E-state index is -0.385. The molecular weight excluding hydrogens is 333 g/mol. The molecule has 0 spiro atoms. The van der Waals surface area contributed by atoms with Crippen molar-refractivity contribution < 1.29 is 14.0 Å². The Balaban J connectivity index is 1.54. The molecule has 5 nitrogen and oxygen atoms in total. The van der Waals surface area contributed by atoms with E-state index in [1.54, 1.807) is 36.4 Å². The zero-order valence-corrected chi connectivity index (χ0v) is 14.6. The van der Waals surface area contributed by atoms with Gasteiger partial charge in [-0.2, -0.15) is 0 Å². The quantitative estimate of drug-likeness (QED) is 0.743. The molecule has 1 aliphatic carbocycles. The molecule has 3 amide bonds. The molecule has 0 atom stereocenters. The number of hydrogen-bond acceptors (Lipinski definition) is 2. The van der Waals surface area contributed by atoms with E-state index < -0.39 is 0 Å². The topological polar surface area (TPSA) is 70.2 Å². The number of aryl methyl sites for hydroxylation is 1. The van der Waals surface area contributed by atoms with E-state index in [2.05, 4.69) is 16.0 Å². The fourth-order valence-electron chi connectivity index (χ4n) is 2.57. The molecule has 6 heteroatoms. The maximum atomic E-state index is 13.6. The van der Waals surface area contributed by atoms with E-state index in [-0.39, 0.29) is 23.8 Å². The van der Waals surface area contributed by atoms with Crippen LogP contribution in [0.4, 0.5) is 14.9 Å².